The van der Waals surface area contributed by atoms with E-state index in [1.807, 2.05) is 6.07 Å². The van der Waals surface area contributed by atoms with Gasteiger partial charge < -0.3 is 0 Å². The summed E-state index contributed by atoms with van der Waals surface area (Å²) in [5.41, 5.74) is 3.88. The average molecular weight is 321 g/mol. The van der Waals surface area contributed by atoms with Gasteiger partial charge in [-0.25, -0.2) is 0 Å². The minimum atomic E-state index is -0.0851. The third-order valence-corrected chi connectivity index (χ3v) is 5.13. The molecule has 0 aliphatic rings. The molecule has 2 aromatic carbocycles. The van der Waals surface area contributed by atoms with Crippen molar-refractivity contribution in [1.29, 1.82) is 0 Å². The van der Waals surface area contributed by atoms with Crippen LogP contribution in [0.4, 0.5) is 0 Å². The number of rotatable bonds is 7. The summed E-state index contributed by atoms with van der Waals surface area (Å²) in [5.74, 6) is 1.14. The van der Waals surface area contributed by atoms with Crippen LogP contribution in [-0.4, -0.2) is 11.8 Å². The molecular formula is C19H22Cl2. The first-order chi connectivity index (χ1) is 10.2. The van der Waals surface area contributed by atoms with Gasteiger partial charge in [-0.05, 0) is 36.0 Å². The van der Waals surface area contributed by atoms with Crippen LogP contribution in [0.25, 0.3) is 0 Å². The zero-order valence-corrected chi connectivity index (χ0v) is 14.0. The van der Waals surface area contributed by atoms with Crippen LogP contribution in [0, 0.1) is 5.41 Å². The van der Waals surface area contributed by atoms with Crippen molar-refractivity contribution in [2.24, 2.45) is 5.41 Å². The normalized spacial score (nSPS) is 11.6. The van der Waals surface area contributed by atoms with Gasteiger partial charge in [0.25, 0.3) is 0 Å². The van der Waals surface area contributed by atoms with E-state index in [1.165, 1.54) is 16.7 Å². The van der Waals surface area contributed by atoms with Gasteiger partial charge >= 0.3 is 0 Å². The quantitative estimate of drug-likeness (QED) is 0.591. The standard InChI is InChI=1S/C19H22Cl2/c1-2-16-8-10-18(11-9-16)13-19(14-20,15-21)12-17-6-4-3-5-7-17/h3-11H,2,12-15H2,1H3. The van der Waals surface area contributed by atoms with Crippen LogP contribution in [0.5, 0.6) is 0 Å². The number of alkyl halides is 2. The van der Waals surface area contributed by atoms with Crippen molar-refractivity contribution in [3.8, 4) is 0 Å². The molecule has 0 heterocycles. The Bertz CT molecular complexity index is 527. The molecule has 0 spiro atoms. The van der Waals surface area contributed by atoms with E-state index in [2.05, 4.69) is 55.5 Å². The van der Waals surface area contributed by atoms with E-state index in [1.54, 1.807) is 0 Å². The van der Waals surface area contributed by atoms with Gasteiger partial charge in [0.15, 0.2) is 0 Å². The van der Waals surface area contributed by atoms with Crippen LogP contribution >= 0.6 is 23.2 Å². The third kappa shape index (κ3) is 4.49. The molecule has 0 amide bonds. The van der Waals surface area contributed by atoms with Gasteiger partial charge in [-0.1, -0.05) is 61.5 Å². The van der Waals surface area contributed by atoms with Gasteiger partial charge in [-0.15, -0.1) is 23.2 Å². The molecule has 0 bridgehead atoms. The van der Waals surface area contributed by atoms with Crippen LogP contribution < -0.4 is 0 Å². The molecule has 0 saturated heterocycles. The smallest absolute Gasteiger partial charge is 0.0297 e. The van der Waals surface area contributed by atoms with Crippen molar-refractivity contribution in [2.45, 2.75) is 26.2 Å². The fourth-order valence-corrected chi connectivity index (χ4v) is 3.31. The van der Waals surface area contributed by atoms with Crippen LogP contribution in [0.3, 0.4) is 0 Å². The van der Waals surface area contributed by atoms with E-state index in [4.69, 9.17) is 23.2 Å². The predicted octanol–water partition coefficient (Wildman–Crippen LogP) is 5.50. The summed E-state index contributed by atoms with van der Waals surface area (Å²) in [7, 11) is 0. The topological polar surface area (TPSA) is 0 Å². The maximum absolute atomic E-state index is 6.30. The Morgan fingerprint density at radius 1 is 0.714 bits per heavy atom. The van der Waals surface area contributed by atoms with Gasteiger partial charge in [0.05, 0.1) is 0 Å². The Morgan fingerprint density at radius 2 is 1.19 bits per heavy atom. The van der Waals surface area contributed by atoms with Crippen LogP contribution in [0.2, 0.25) is 0 Å². The lowest BCUT2D eigenvalue weighted by atomic mass is 9.79. The fraction of sp³-hybridized carbons (Fsp3) is 0.368. The van der Waals surface area contributed by atoms with Crippen molar-refractivity contribution in [3.05, 3.63) is 71.3 Å². The zero-order chi connectivity index (χ0) is 15.1. The largest absolute Gasteiger partial charge is 0.126 e. The lowest BCUT2D eigenvalue weighted by molar-refractivity contribution is 0.374. The van der Waals surface area contributed by atoms with Crippen molar-refractivity contribution < 1.29 is 0 Å². The molecule has 0 atom stereocenters. The molecule has 0 N–H and O–H groups in total. The zero-order valence-electron chi connectivity index (χ0n) is 12.5. The average Bonchev–Trinajstić information content (AvgIpc) is 2.56. The molecule has 0 radical (unpaired) electrons. The summed E-state index contributed by atoms with van der Waals surface area (Å²) in [5, 5.41) is 0. The van der Waals surface area contributed by atoms with Crippen LogP contribution in [0.1, 0.15) is 23.6 Å². The van der Waals surface area contributed by atoms with E-state index in [0.29, 0.717) is 11.8 Å². The first-order valence-corrected chi connectivity index (χ1v) is 8.52. The van der Waals surface area contributed by atoms with Gasteiger partial charge in [0.1, 0.15) is 0 Å². The second kappa shape index (κ2) is 7.87. The summed E-state index contributed by atoms with van der Waals surface area (Å²) >= 11 is 12.6. The SMILES string of the molecule is CCc1ccc(CC(CCl)(CCl)Cc2ccccc2)cc1. The van der Waals surface area contributed by atoms with Gasteiger partial charge in [0.2, 0.25) is 0 Å². The van der Waals surface area contributed by atoms with E-state index in [9.17, 15) is 0 Å². The predicted molar refractivity (Wildman–Crippen MR) is 93.5 cm³/mol. The fourth-order valence-electron chi connectivity index (χ4n) is 2.64. The van der Waals surface area contributed by atoms with E-state index in [-0.39, 0.29) is 5.41 Å². The summed E-state index contributed by atoms with van der Waals surface area (Å²) in [6.07, 6.45) is 2.90. The van der Waals surface area contributed by atoms with Crippen molar-refractivity contribution in [3.63, 3.8) is 0 Å². The highest BCUT2D eigenvalue weighted by atomic mass is 35.5. The Balaban J connectivity index is 2.16. The number of benzene rings is 2. The lowest BCUT2D eigenvalue weighted by Crippen LogP contribution is -2.30. The Morgan fingerprint density at radius 3 is 1.67 bits per heavy atom. The molecule has 2 aromatic rings. The first-order valence-electron chi connectivity index (χ1n) is 7.45. The maximum Gasteiger partial charge on any atom is 0.0297 e. The van der Waals surface area contributed by atoms with E-state index < -0.39 is 0 Å². The first kappa shape index (κ1) is 16.4. The van der Waals surface area contributed by atoms with Crippen LogP contribution in [-0.2, 0) is 19.3 Å². The van der Waals surface area contributed by atoms with Gasteiger partial charge in [-0.3, -0.25) is 0 Å². The molecule has 0 fully saturated rings. The lowest BCUT2D eigenvalue weighted by Gasteiger charge is -2.30. The molecule has 0 nitrogen and oxygen atoms in total. The summed E-state index contributed by atoms with van der Waals surface area (Å²) in [4.78, 5) is 0. The number of halogens is 2. The number of hydrogen-bond acceptors (Lipinski definition) is 0. The molecule has 21 heavy (non-hydrogen) atoms. The van der Waals surface area contributed by atoms with Crippen LogP contribution in [0.15, 0.2) is 54.6 Å². The molecule has 2 heteroatoms. The summed E-state index contributed by atoms with van der Waals surface area (Å²) < 4.78 is 0. The minimum Gasteiger partial charge on any atom is -0.126 e. The molecular weight excluding hydrogens is 299 g/mol. The molecule has 2 rings (SSSR count). The molecule has 0 aliphatic carbocycles. The highest BCUT2D eigenvalue weighted by Crippen LogP contribution is 2.31. The number of aryl methyl sites for hydroxylation is 1. The van der Waals surface area contributed by atoms with E-state index in [0.717, 1.165) is 19.3 Å². The van der Waals surface area contributed by atoms with Crippen molar-refractivity contribution >= 4 is 23.2 Å². The molecule has 0 unspecified atom stereocenters. The maximum atomic E-state index is 6.30. The second-order valence-corrected chi connectivity index (χ2v) is 6.31. The van der Waals surface area contributed by atoms with Crippen molar-refractivity contribution in [2.75, 3.05) is 11.8 Å². The van der Waals surface area contributed by atoms with E-state index >= 15 is 0 Å². The highest BCUT2D eigenvalue weighted by molar-refractivity contribution is 6.21. The Hall–Kier alpha value is -0.980. The number of hydrogen-bond donors (Lipinski definition) is 0. The van der Waals surface area contributed by atoms with Gasteiger partial charge in [0, 0.05) is 17.2 Å². The monoisotopic (exact) mass is 320 g/mol. The molecule has 112 valence electrons. The minimum absolute atomic E-state index is 0.0851. The summed E-state index contributed by atoms with van der Waals surface area (Å²) in [6, 6.07) is 19.3. The molecule has 0 aliphatic heterocycles. The summed E-state index contributed by atoms with van der Waals surface area (Å²) in [6.45, 7) is 2.17. The second-order valence-electron chi connectivity index (χ2n) is 5.78. The Labute approximate surface area is 138 Å². The van der Waals surface area contributed by atoms with Crippen molar-refractivity contribution in [1.82, 2.24) is 0 Å². The third-order valence-electron chi connectivity index (χ3n) is 4.00. The highest BCUT2D eigenvalue weighted by Gasteiger charge is 2.29. The molecule has 0 saturated carbocycles. The Kier molecular flexibility index (Phi) is 6.14. The van der Waals surface area contributed by atoms with Gasteiger partial charge in [-0.2, -0.15) is 0 Å². The molecule has 0 aromatic heterocycles.